The van der Waals surface area contributed by atoms with Crippen molar-refractivity contribution in [3.63, 3.8) is 0 Å². The van der Waals surface area contributed by atoms with Crippen LogP contribution in [0.3, 0.4) is 0 Å². The molecule has 0 spiro atoms. The zero-order valence-corrected chi connectivity index (χ0v) is 12.0. The summed E-state index contributed by atoms with van der Waals surface area (Å²) in [6.07, 6.45) is 6.88. The monoisotopic (exact) mass is 294 g/mol. The Hall–Kier alpha value is -1.63. The van der Waals surface area contributed by atoms with Gasteiger partial charge in [-0.05, 0) is 44.3 Å². The van der Waals surface area contributed by atoms with Gasteiger partial charge in [0, 0.05) is 19.1 Å². The summed E-state index contributed by atoms with van der Waals surface area (Å²) in [7, 11) is 0. The Morgan fingerprint density at radius 1 is 1.30 bits per heavy atom. The quantitative estimate of drug-likeness (QED) is 0.658. The van der Waals surface area contributed by atoms with Crippen LogP contribution in [0.2, 0.25) is 0 Å². The average Bonchev–Trinajstić information content (AvgIpc) is 3.24. The first-order chi connectivity index (χ1) is 9.66. The third-order valence-corrected chi connectivity index (χ3v) is 4.05. The molecular weight excluding hydrogens is 276 g/mol. The molecule has 0 atom stereocenters. The molecule has 2 N–H and O–H groups in total. The second-order valence-electron chi connectivity index (χ2n) is 5.36. The van der Waals surface area contributed by atoms with Crippen molar-refractivity contribution in [2.24, 2.45) is 5.10 Å². The van der Waals surface area contributed by atoms with Crippen LogP contribution < -0.4 is 5.56 Å². The molecule has 1 saturated carbocycles. The Balaban J connectivity index is 1.92. The molecule has 0 unspecified atom stereocenters. The standard InChI is InChI=1S/C13H18N4O2S/c18-11-10(8-14-16-6-2-1-3-7-16)12(19)17(9-4-5-9)13(20)15-11/h8-9,19H,1-7H2,(H,15,18,20)/b14-8+. The Labute approximate surface area is 121 Å². The number of aromatic nitrogens is 2. The van der Waals surface area contributed by atoms with Crippen molar-refractivity contribution in [2.45, 2.75) is 38.1 Å². The Morgan fingerprint density at radius 2 is 2.00 bits per heavy atom. The van der Waals surface area contributed by atoms with Crippen molar-refractivity contribution in [1.82, 2.24) is 14.6 Å². The SMILES string of the molecule is O=c1[nH]c(=S)n(C2CC2)c(O)c1/C=N/N1CCCCC1. The summed E-state index contributed by atoms with van der Waals surface area (Å²) < 4.78 is 1.90. The first-order valence-electron chi connectivity index (χ1n) is 7.03. The lowest BCUT2D eigenvalue weighted by Gasteiger charge is -2.23. The van der Waals surface area contributed by atoms with Gasteiger partial charge in [0.15, 0.2) is 4.77 Å². The molecule has 7 heteroatoms. The van der Waals surface area contributed by atoms with Crippen LogP contribution in [0.4, 0.5) is 0 Å². The highest BCUT2D eigenvalue weighted by molar-refractivity contribution is 7.71. The lowest BCUT2D eigenvalue weighted by molar-refractivity contribution is 0.240. The summed E-state index contributed by atoms with van der Waals surface area (Å²) in [6, 6.07) is 0.210. The average molecular weight is 294 g/mol. The second kappa shape index (κ2) is 5.40. The maximum absolute atomic E-state index is 11.9. The number of aromatic hydroxyl groups is 1. The number of hydrazone groups is 1. The van der Waals surface area contributed by atoms with Gasteiger partial charge < -0.3 is 5.11 Å². The summed E-state index contributed by atoms with van der Waals surface area (Å²) in [6.45, 7) is 1.80. The third kappa shape index (κ3) is 2.63. The van der Waals surface area contributed by atoms with Crippen LogP contribution in [-0.4, -0.2) is 39.0 Å². The van der Waals surface area contributed by atoms with E-state index in [0.717, 1.165) is 38.8 Å². The largest absolute Gasteiger partial charge is 0.494 e. The van der Waals surface area contributed by atoms with E-state index in [-0.39, 0.29) is 27.8 Å². The van der Waals surface area contributed by atoms with E-state index in [0.29, 0.717) is 0 Å². The lowest BCUT2D eigenvalue weighted by Crippen LogP contribution is -2.25. The van der Waals surface area contributed by atoms with Gasteiger partial charge in [0.2, 0.25) is 5.88 Å². The number of H-pyrrole nitrogens is 1. The molecule has 0 bridgehead atoms. The highest BCUT2D eigenvalue weighted by Gasteiger charge is 2.27. The summed E-state index contributed by atoms with van der Waals surface area (Å²) in [5.41, 5.74) is -0.193. The number of nitrogens with one attached hydrogen (secondary N) is 1. The first kappa shape index (κ1) is 13.4. The number of aromatic amines is 1. The van der Waals surface area contributed by atoms with Gasteiger partial charge in [-0.15, -0.1) is 0 Å². The first-order valence-corrected chi connectivity index (χ1v) is 7.44. The second-order valence-corrected chi connectivity index (χ2v) is 5.74. The van der Waals surface area contributed by atoms with E-state index < -0.39 is 0 Å². The molecule has 2 fully saturated rings. The summed E-state index contributed by atoms with van der Waals surface area (Å²) >= 11 is 5.10. The number of hydrogen-bond acceptors (Lipinski definition) is 5. The van der Waals surface area contributed by atoms with Gasteiger partial charge in [-0.3, -0.25) is 19.4 Å². The fraction of sp³-hybridized carbons (Fsp3) is 0.615. The minimum absolute atomic E-state index is 0.0676. The van der Waals surface area contributed by atoms with Crippen molar-refractivity contribution in [1.29, 1.82) is 0 Å². The third-order valence-electron chi connectivity index (χ3n) is 3.75. The highest BCUT2D eigenvalue weighted by atomic mass is 32.1. The molecule has 3 rings (SSSR count). The summed E-state index contributed by atoms with van der Waals surface area (Å²) in [5.74, 6) is -0.0676. The van der Waals surface area contributed by atoms with Gasteiger partial charge >= 0.3 is 0 Å². The van der Waals surface area contributed by atoms with Gasteiger partial charge in [-0.2, -0.15) is 5.10 Å². The molecule has 0 radical (unpaired) electrons. The molecule has 1 saturated heterocycles. The topological polar surface area (TPSA) is 73.6 Å². The van der Waals surface area contributed by atoms with Crippen molar-refractivity contribution in [2.75, 3.05) is 13.1 Å². The predicted octanol–water partition coefficient (Wildman–Crippen LogP) is 1.77. The van der Waals surface area contributed by atoms with Crippen LogP contribution in [0.25, 0.3) is 0 Å². The van der Waals surface area contributed by atoms with Gasteiger partial charge in [0.1, 0.15) is 5.56 Å². The van der Waals surface area contributed by atoms with E-state index in [1.54, 1.807) is 4.57 Å². The van der Waals surface area contributed by atoms with Gasteiger partial charge in [0.05, 0.1) is 6.21 Å². The van der Waals surface area contributed by atoms with Gasteiger partial charge in [-0.1, -0.05) is 0 Å². The lowest BCUT2D eigenvalue weighted by atomic mass is 10.2. The molecule has 1 aromatic rings. The number of hydrogen-bond donors (Lipinski definition) is 2. The zero-order chi connectivity index (χ0) is 14.1. The van der Waals surface area contributed by atoms with Crippen LogP contribution in [0, 0.1) is 4.77 Å². The van der Waals surface area contributed by atoms with Crippen molar-refractivity contribution in [3.8, 4) is 5.88 Å². The molecule has 1 aliphatic carbocycles. The van der Waals surface area contributed by atoms with E-state index in [1.807, 2.05) is 5.01 Å². The van der Waals surface area contributed by atoms with Crippen LogP contribution >= 0.6 is 12.2 Å². The predicted molar refractivity (Wildman–Crippen MR) is 78.8 cm³/mol. The fourth-order valence-corrected chi connectivity index (χ4v) is 2.80. The van der Waals surface area contributed by atoms with Crippen molar-refractivity contribution < 1.29 is 5.11 Å². The number of piperidine rings is 1. The van der Waals surface area contributed by atoms with E-state index in [9.17, 15) is 9.90 Å². The van der Waals surface area contributed by atoms with Crippen molar-refractivity contribution in [3.05, 3.63) is 20.7 Å². The Kier molecular flexibility index (Phi) is 3.60. The van der Waals surface area contributed by atoms with Crippen molar-refractivity contribution >= 4 is 18.4 Å². The zero-order valence-electron chi connectivity index (χ0n) is 11.2. The molecular formula is C13H18N4O2S. The van der Waals surface area contributed by atoms with Crippen LogP contribution in [0.5, 0.6) is 5.88 Å². The number of rotatable bonds is 3. The molecule has 1 aliphatic heterocycles. The Morgan fingerprint density at radius 3 is 2.65 bits per heavy atom. The van der Waals surface area contributed by atoms with E-state index in [4.69, 9.17) is 12.2 Å². The van der Waals surface area contributed by atoms with Crippen LogP contribution in [0.1, 0.15) is 43.7 Å². The minimum atomic E-state index is -0.384. The molecule has 6 nitrogen and oxygen atoms in total. The molecule has 20 heavy (non-hydrogen) atoms. The maximum Gasteiger partial charge on any atom is 0.264 e. The van der Waals surface area contributed by atoms with E-state index in [2.05, 4.69) is 10.1 Å². The normalized spacial score (nSPS) is 19.7. The smallest absolute Gasteiger partial charge is 0.264 e. The molecule has 2 heterocycles. The summed E-state index contributed by atoms with van der Waals surface area (Å²) in [5, 5.41) is 16.5. The van der Waals surface area contributed by atoms with Crippen LogP contribution in [0.15, 0.2) is 9.90 Å². The minimum Gasteiger partial charge on any atom is -0.494 e. The molecule has 2 aliphatic rings. The highest BCUT2D eigenvalue weighted by Crippen LogP contribution is 2.37. The van der Waals surface area contributed by atoms with Gasteiger partial charge in [-0.25, -0.2) is 0 Å². The fourth-order valence-electron chi connectivity index (χ4n) is 2.47. The van der Waals surface area contributed by atoms with E-state index in [1.165, 1.54) is 12.6 Å². The molecule has 108 valence electrons. The van der Waals surface area contributed by atoms with Gasteiger partial charge in [0.25, 0.3) is 5.56 Å². The summed E-state index contributed by atoms with van der Waals surface area (Å²) in [4.78, 5) is 14.5. The van der Waals surface area contributed by atoms with Crippen LogP contribution in [-0.2, 0) is 0 Å². The molecule has 0 amide bonds. The molecule has 1 aromatic heterocycles. The number of nitrogens with zero attached hydrogens (tertiary/aromatic N) is 3. The maximum atomic E-state index is 11.9. The molecule has 0 aromatic carbocycles. The van der Waals surface area contributed by atoms with E-state index >= 15 is 0 Å². The Bertz CT molecular complexity index is 639.